The Morgan fingerprint density at radius 2 is 2.12 bits per heavy atom. The van der Waals surface area contributed by atoms with Crippen molar-refractivity contribution in [2.24, 2.45) is 5.73 Å². The number of carbonyl (C=O) groups excluding carboxylic acids is 1. The monoisotopic (exact) mass is 248 g/mol. The highest BCUT2D eigenvalue weighted by Gasteiger charge is 2.19. The summed E-state index contributed by atoms with van der Waals surface area (Å²) in [6.07, 6.45) is 0. The maximum absolute atomic E-state index is 11.6. The van der Waals surface area contributed by atoms with Crippen LogP contribution in [0, 0.1) is 0 Å². The van der Waals surface area contributed by atoms with Gasteiger partial charge < -0.3 is 10.5 Å². The summed E-state index contributed by atoms with van der Waals surface area (Å²) in [4.78, 5) is 16.5. The number of rotatable bonds is 3. The molecule has 0 unspecified atom stereocenters. The Balaban J connectivity index is 2.52. The second kappa shape index (κ2) is 5.07. The molecule has 5 heteroatoms. The van der Waals surface area contributed by atoms with E-state index in [1.807, 2.05) is 30.3 Å². The van der Waals surface area contributed by atoms with Gasteiger partial charge in [0, 0.05) is 12.1 Å². The van der Waals surface area contributed by atoms with Crippen LogP contribution in [0.1, 0.15) is 14.7 Å². The Hall–Kier alpha value is -1.72. The van der Waals surface area contributed by atoms with Crippen LogP contribution in [0.2, 0.25) is 0 Å². The molecule has 0 atom stereocenters. The first-order chi connectivity index (χ1) is 8.26. The normalized spacial score (nSPS) is 10.2. The molecule has 88 valence electrons. The van der Waals surface area contributed by atoms with Gasteiger partial charge in [-0.2, -0.15) is 0 Å². The summed E-state index contributed by atoms with van der Waals surface area (Å²) in [7, 11) is 1.36. The first kappa shape index (κ1) is 11.8. The number of carbonyl (C=O) groups is 1. The Kier molecular flexibility index (Phi) is 3.51. The fourth-order valence-electron chi connectivity index (χ4n) is 1.47. The lowest BCUT2D eigenvalue weighted by Gasteiger charge is -1.99. The third-order valence-electron chi connectivity index (χ3n) is 2.26. The molecule has 0 aliphatic heterocycles. The second-order valence-electron chi connectivity index (χ2n) is 3.35. The standard InChI is InChI=1S/C12H12N2O2S/c1-16-12(15)11-10(14-9(7-13)17-11)8-5-3-2-4-6-8/h2-6H,7,13H2,1H3. The highest BCUT2D eigenvalue weighted by Crippen LogP contribution is 2.28. The van der Waals surface area contributed by atoms with Gasteiger partial charge in [-0.3, -0.25) is 0 Å². The Bertz CT molecular complexity index is 523. The zero-order valence-electron chi connectivity index (χ0n) is 9.34. The number of aromatic nitrogens is 1. The molecule has 1 aromatic carbocycles. The fraction of sp³-hybridized carbons (Fsp3) is 0.167. The van der Waals surface area contributed by atoms with Crippen molar-refractivity contribution in [1.82, 2.24) is 4.98 Å². The molecule has 0 fully saturated rings. The maximum Gasteiger partial charge on any atom is 0.350 e. The number of thiazole rings is 1. The highest BCUT2D eigenvalue weighted by atomic mass is 32.1. The quantitative estimate of drug-likeness (QED) is 0.844. The average molecular weight is 248 g/mol. The third kappa shape index (κ3) is 2.35. The molecular weight excluding hydrogens is 236 g/mol. The molecule has 1 aromatic heterocycles. The van der Waals surface area contributed by atoms with Gasteiger partial charge in [-0.15, -0.1) is 11.3 Å². The summed E-state index contributed by atoms with van der Waals surface area (Å²) >= 11 is 1.28. The van der Waals surface area contributed by atoms with Gasteiger partial charge in [-0.25, -0.2) is 9.78 Å². The summed E-state index contributed by atoms with van der Waals surface area (Å²) in [5.74, 6) is -0.374. The van der Waals surface area contributed by atoms with Crippen molar-refractivity contribution in [3.05, 3.63) is 40.2 Å². The minimum absolute atomic E-state index is 0.321. The molecule has 0 saturated heterocycles. The number of nitrogens with two attached hydrogens (primary N) is 1. The molecule has 0 aliphatic rings. The van der Waals surface area contributed by atoms with Gasteiger partial charge in [-0.05, 0) is 0 Å². The van der Waals surface area contributed by atoms with E-state index in [9.17, 15) is 4.79 Å². The predicted molar refractivity (Wildman–Crippen MR) is 66.8 cm³/mol. The number of benzene rings is 1. The minimum Gasteiger partial charge on any atom is -0.465 e. The van der Waals surface area contributed by atoms with Gasteiger partial charge in [0.05, 0.1) is 12.8 Å². The summed E-state index contributed by atoms with van der Waals surface area (Å²) < 4.78 is 4.75. The Morgan fingerprint density at radius 3 is 2.71 bits per heavy atom. The topological polar surface area (TPSA) is 65.2 Å². The largest absolute Gasteiger partial charge is 0.465 e. The number of hydrogen-bond donors (Lipinski definition) is 1. The lowest BCUT2D eigenvalue weighted by atomic mass is 10.1. The molecule has 1 heterocycles. The molecule has 2 N–H and O–H groups in total. The van der Waals surface area contributed by atoms with E-state index in [1.165, 1.54) is 18.4 Å². The third-order valence-corrected chi connectivity index (χ3v) is 3.32. The summed E-state index contributed by atoms with van der Waals surface area (Å²) in [5.41, 5.74) is 7.08. The van der Waals surface area contributed by atoms with Crippen LogP contribution in [-0.2, 0) is 11.3 Å². The van der Waals surface area contributed by atoms with E-state index in [1.54, 1.807) is 0 Å². The minimum atomic E-state index is -0.374. The van der Waals surface area contributed by atoms with Crippen LogP contribution in [0.25, 0.3) is 11.3 Å². The summed E-state index contributed by atoms with van der Waals surface area (Å²) in [6, 6.07) is 9.52. The molecule has 0 radical (unpaired) electrons. The van der Waals surface area contributed by atoms with Gasteiger partial charge in [-0.1, -0.05) is 30.3 Å². The van der Waals surface area contributed by atoms with Crippen molar-refractivity contribution in [3.63, 3.8) is 0 Å². The maximum atomic E-state index is 11.6. The number of esters is 1. The average Bonchev–Trinajstić information content (AvgIpc) is 2.83. The van der Waals surface area contributed by atoms with Crippen LogP contribution in [-0.4, -0.2) is 18.1 Å². The molecule has 0 bridgehead atoms. The van der Waals surface area contributed by atoms with Crippen molar-refractivity contribution in [2.45, 2.75) is 6.54 Å². The van der Waals surface area contributed by atoms with E-state index < -0.39 is 0 Å². The van der Waals surface area contributed by atoms with E-state index >= 15 is 0 Å². The zero-order chi connectivity index (χ0) is 12.3. The number of hydrogen-bond acceptors (Lipinski definition) is 5. The van der Waals surface area contributed by atoms with Crippen LogP contribution in [0.15, 0.2) is 30.3 Å². The first-order valence-electron chi connectivity index (χ1n) is 5.09. The molecule has 0 spiro atoms. The Morgan fingerprint density at radius 1 is 1.41 bits per heavy atom. The van der Waals surface area contributed by atoms with Gasteiger partial charge in [0.25, 0.3) is 0 Å². The van der Waals surface area contributed by atoms with Gasteiger partial charge in [0.1, 0.15) is 9.88 Å². The first-order valence-corrected chi connectivity index (χ1v) is 5.91. The fourth-order valence-corrected chi connectivity index (χ4v) is 2.36. The van der Waals surface area contributed by atoms with Crippen molar-refractivity contribution in [2.75, 3.05) is 7.11 Å². The van der Waals surface area contributed by atoms with Crippen LogP contribution < -0.4 is 5.73 Å². The Labute approximate surface area is 103 Å². The van der Waals surface area contributed by atoms with Gasteiger partial charge in [0.15, 0.2) is 0 Å². The lowest BCUT2D eigenvalue weighted by Crippen LogP contribution is -2.00. The predicted octanol–water partition coefficient (Wildman–Crippen LogP) is 2.06. The van der Waals surface area contributed by atoms with Crippen molar-refractivity contribution in [1.29, 1.82) is 0 Å². The van der Waals surface area contributed by atoms with E-state index in [0.29, 0.717) is 17.1 Å². The summed E-state index contributed by atoms with van der Waals surface area (Å²) in [6.45, 7) is 0.321. The second-order valence-corrected chi connectivity index (χ2v) is 4.43. The summed E-state index contributed by atoms with van der Waals surface area (Å²) in [5, 5.41) is 0.726. The van der Waals surface area contributed by atoms with Crippen LogP contribution >= 0.6 is 11.3 Å². The van der Waals surface area contributed by atoms with Gasteiger partial charge >= 0.3 is 5.97 Å². The number of methoxy groups -OCH3 is 1. The molecule has 0 aliphatic carbocycles. The van der Waals surface area contributed by atoms with E-state index in [-0.39, 0.29) is 5.97 Å². The van der Waals surface area contributed by atoms with E-state index in [0.717, 1.165) is 10.6 Å². The molecule has 2 rings (SSSR count). The van der Waals surface area contributed by atoms with Crippen molar-refractivity contribution >= 4 is 17.3 Å². The highest BCUT2D eigenvalue weighted by molar-refractivity contribution is 7.14. The smallest absolute Gasteiger partial charge is 0.350 e. The molecular formula is C12H12N2O2S. The van der Waals surface area contributed by atoms with Crippen LogP contribution in [0.5, 0.6) is 0 Å². The molecule has 17 heavy (non-hydrogen) atoms. The molecule has 0 saturated carbocycles. The number of ether oxygens (including phenoxy) is 1. The van der Waals surface area contributed by atoms with Gasteiger partial charge in [0.2, 0.25) is 0 Å². The van der Waals surface area contributed by atoms with Crippen LogP contribution in [0.4, 0.5) is 0 Å². The van der Waals surface area contributed by atoms with Crippen LogP contribution in [0.3, 0.4) is 0 Å². The van der Waals surface area contributed by atoms with E-state index in [2.05, 4.69) is 4.98 Å². The SMILES string of the molecule is COC(=O)c1sc(CN)nc1-c1ccccc1. The van der Waals surface area contributed by atoms with Crippen molar-refractivity contribution in [3.8, 4) is 11.3 Å². The van der Waals surface area contributed by atoms with Crippen molar-refractivity contribution < 1.29 is 9.53 Å². The number of nitrogens with zero attached hydrogens (tertiary/aromatic N) is 1. The van der Waals surface area contributed by atoms with E-state index in [4.69, 9.17) is 10.5 Å². The molecule has 2 aromatic rings. The molecule has 4 nitrogen and oxygen atoms in total. The zero-order valence-corrected chi connectivity index (χ0v) is 10.2. The molecule has 0 amide bonds. The lowest BCUT2D eigenvalue weighted by molar-refractivity contribution is 0.0607.